The number of aliphatic imine (C=N–C) groups is 1. The van der Waals surface area contributed by atoms with Crippen LogP contribution in [0, 0.1) is 5.92 Å². The fourth-order valence-electron chi connectivity index (χ4n) is 2.61. The van der Waals surface area contributed by atoms with Gasteiger partial charge in [0, 0.05) is 13.1 Å². The molecule has 1 amide bonds. The van der Waals surface area contributed by atoms with Gasteiger partial charge in [0.1, 0.15) is 5.60 Å². The molecule has 0 aliphatic rings. The lowest BCUT2D eigenvalue weighted by molar-refractivity contribution is 0.0491. The predicted octanol–water partition coefficient (Wildman–Crippen LogP) is 3.93. The molecule has 0 aromatic heterocycles. The maximum Gasteiger partial charge on any atom is 0.407 e. The van der Waals surface area contributed by atoms with Crippen LogP contribution in [0.15, 0.2) is 23.2 Å². The summed E-state index contributed by atoms with van der Waals surface area (Å²) in [5.41, 5.74) is 0.464. The topological polar surface area (TPSA) is 93.2 Å². The summed E-state index contributed by atoms with van der Waals surface area (Å²) >= 11 is 0. The highest BCUT2D eigenvalue weighted by Crippen LogP contribution is 2.27. The van der Waals surface area contributed by atoms with Crippen molar-refractivity contribution in [2.24, 2.45) is 10.9 Å². The van der Waals surface area contributed by atoms with E-state index in [-0.39, 0.29) is 35.9 Å². The Bertz CT molecular complexity index is 705. The van der Waals surface area contributed by atoms with E-state index in [1.165, 1.54) is 0 Å². The van der Waals surface area contributed by atoms with Crippen molar-refractivity contribution >= 4 is 36.0 Å². The molecular weight excluding hydrogens is 511 g/mol. The first-order valence-corrected chi connectivity index (χ1v) is 10.3. The van der Waals surface area contributed by atoms with Gasteiger partial charge in [-0.15, -0.1) is 24.0 Å². The molecule has 178 valence electrons. The molecule has 1 aromatic rings. The van der Waals surface area contributed by atoms with Crippen LogP contribution < -0.4 is 25.4 Å². The monoisotopic (exact) mass is 550 g/mol. The van der Waals surface area contributed by atoms with E-state index in [1.807, 2.05) is 45.9 Å². The third-order valence-corrected chi connectivity index (χ3v) is 4.21. The first-order chi connectivity index (χ1) is 14.1. The molecule has 3 N–H and O–H groups in total. The van der Waals surface area contributed by atoms with Crippen molar-refractivity contribution in [1.82, 2.24) is 16.0 Å². The number of carbonyl (C=O) groups excluding carboxylic acids is 1. The van der Waals surface area contributed by atoms with Crippen LogP contribution in [0.2, 0.25) is 0 Å². The molecule has 0 spiro atoms. The van der Waals surface area contributed by atoms with E-state index in [1.54, 1.807) is 14.2 Å². The molecule has 31 heavy (non-hydrogen) atoms. The maximum absolute atomic E-state index is 12.1. The Morgan fingerprint density at radius 3 is 2.26 bits per heavy atom. The third-order valence-electron chi connectivity index (χ3n) is 4.21. The SMILES string of the molecule is CCNC(=NCc1ccc(OC)c(OC)c1)NCC(NC(=O)OC(C)(C)C)C(C)C.I. The van der Waals surface area contributed by atoms with Gasteiger partial charge in [-0.3, -0.25) is 0 Å². The number of benzene rings is 1. The van der Waals surface area contributed by atoms with E-state index in [0.717, 1.165) is 12.1 Å². The van der Waals surface area contributed by atoms with Gasteiger partial charge in [-0.2, -0.15) is 0 Å². The second kappa shape index (κ2) is 14.2. The molecule has 8 nitrogen and oxygen atoms in total. The number of methoxy groups -OCH3 is 2. The highest BCUT2D eigenvalue weighted by atomic mass is 127. The number of guanidine groups is 1. The zero-order chi connectivity index (χ0) is 22.7. The lowest BCUT2D eigenvalue weighted by atomic mass is 10.0. The Balaban J connectivity index is 0.00000900. The van der Waals surface area contributed by atoms with Crippen molar-refractivity contribution in [2.45, 2.75) is 59.7 Å². The van der Waals surface area contributed by atoms with Crippen LogP contribution >= 0.6 is 24.0 Å². The van der Waals surface area contributed by atoms with Crippen molar-refractivity contribution in [3.05, 3.63) is 23.8 Å². The molecule has 0 saturated heterocycles. The van der Waals surface area contributed by atoms with Gasteiger partial charge in [-0.05, 0) is 51.3 Å². The van der Waals surface area contributed by atoms with Gasteiger partial charge in [-0.1, -0.05) is 19.9 Å². The van der Waals surface area contributed by atoms with Gasteiger partial charge in [0.25, 0.3) is 0 Å². The number of nitrogens with zero attached hydrogens (tertiary/aromatic N) is 1. The molecule has 1 atom stereocenters. The zero-order valence-electron chi connectivity index (χ0n) is 20.0. The van der Waals surface area contributed by atoms with E-state index in [2.05, 4.69) is 34.8 Å². The minimum absolute atomic E-state index is 0. The highest BCUT2D eigenvalue weighted by Gasteiger charge is 2.21. The van der Waals surface area contributed by atoms with Crippen LogP contribution in [-0.4, -0.2) is 51.0 Å². The number of ether oxygens (including phenoxy) is 3. The molecule has 9 heteroatoms. The number of halogens is 1. The summed E-state index contributed by atoms with van der Waals surface area (Å²) < 4.78 is 16.0. The summed E-state index contributed by atoms with van der Waals surface area (Å²) in [6.07, 6.45) is -0.421. The Hall–Kier alpha value is -1.91. The van der Waals surface area contributed by atoms with Gasteiger partial charge < -0.3 is 30.2 Å². The quantitative estimate of drug-likeness (QED) is 0.245. The fraction of sp³-hybridized carbons (Fsp3) is 0.636. The molecule has 0 saturated carbocycles. The molecular formula is C22H39IN4O4. The van der Waals surface area contributed by atoms with E-state index >= 15 is 0 Å². The molecule has 0 aliphatic heterocycles. The molecule has 0 bridgehead atoms. The summed E-state index contributed by atoms with van der Waals surface area (Å²) in [4.78, 5) is 16.8. The number of rotatable bonds is 9. The van der Waals surface area contributed by atoms with E-state index in [9.17, 15) is 4.79 Å². The maximum atomic E-state index is 12.1. The van der Waals surface area contributed by atoms with Gasteiger partial charge in [0.05, 0.1) is 26.8 Å². The summed E-state index contributed by atoms with van der Waals surface area (Å²) in [6.45, 7) is 13.4. The number of hydrogen-bond donors (Lipinski definition) is 3. The summed E-state index contributed by atoms with van der Waals surface area (Å²) in [5, 5.41) is 9.47. The second-order valence-corrected chi connectivity index (χ2v) is 8.26. The summed E-state index contributed by atoms with van der Waals surface area (Å²) in [7, 11) is 3.22. The Kier molecular flexibility index (Phi) is 13.3. The van der Waals surface area contributed by atoms with Gasteiger partial charge in [-0.25, -0.2) is 9.79 Å². The van der Waals surface area contributed by atoms with Crippen molar-refractivity contribution in [2.75, 3.05) is 27.3 Å². The highest BCUT2D eigenvalue weighted by molar-refractivity contribution is 14.0. The second-order valence-electron chi connectivity index (χ2n) is 8.26. The average molecular weight is 550 g/mol. The van der Waals surface area contributed by atoms with Gasteiger partial charge >= 0.3 is 6.09 Å². The first-order valence-electron chi connectivity index (χ1n) is 10.3. The average Bonchev–Trinajstić information content (AvgIpc) is 2.67. The smallest absolute Gasteiger partial charge is 0.407 e. The standard InChI is InChI=1S/C22H38N4O4.HI/c1-9-23-20(24-13-16-10-11-18(28-7)19(12-16)29-8)25-14-17(15(2)3)26-21(27)30-22(4,5)6;/h10-12,15,17H,9,13-14H2,1-8H3,(H,26,27)(H2,23,24,25);1H. The van der Waals surface area contributed by atoms with Crippen LogP contribution in [0.25, 0.3) is 0 Å². The molecule has 0 fully saturated rings. The Morgan fingerprint density at radius 1 is 1.10 bits per heavy atom. The number of nitrogens with one attached hydrogen (secondary N) is 3. The van der Waals surface area contributed by atoms with E-state index in [0.29, 0.717) is 30.5 Å². The summed E-state index contributed by atoms with van der Waals surface area (Å²) in [6, 6.07) is 5.62. The van der Waals surface area contributed by atoms with Gasteiger partial charge in [0.2, 0.25) is 0 Å². The molecule has 0 aliphatic carbocycles. The van der Waals surface area contributed by atoms with E-state index in [4.69, 9.17) is 14.2 Å². The van der Waals surface area contributed by atoms with Crippen molar-refractivity contribution < 1.29 is 19.0 Å². The summed E-state index contributed by atoms with van der Waals surface area (Å²) in [5.74, 6) is 2.25. The van der Waals surface area contributed by atoms with Crippen LogP contribution in [0.3, 0.4) is 0 Å². The number of alkyl carbamates (subject to hydrolysis) is 1. The van der Waals surface area contributed by atoms with Crippen LogP contribution in [0.4, 0.5) is 4.79 Å². The molecule has 0 heterocycles. The lowest BCUT2D eigenvalue weighted by Gasteiger charge is -2.26. The van der Waals surface area contributed by atoms with Crippen molar-refractivity contribution in [3.8, 4) is 11.5 Å². The normalized spacial score (nSPS) is 12.5. The van der Waals surface area contributed by atoms with Crippen molar-refractivity contribution in [1.29, 1.82) is 0 Å². The largest absolute Gasteiger partial charge is 0.493 e. The fourth-order valence-corrected chi connectivity index (χ4v) is 2.61. The molecule has 0 radical (unpaired) electrons. The Labute approximate surface area is 203 Å². The first kappa shape index (κ1) is 29.1. The van der Waals surface area contributed by atoms with Gasteiger partial charge in [0.15, 0.2) is 17.5 Å². The van der Waals surface area contributed by atoms with Crippen molar-refractivity contribution in [3.63, 3.8) is 0 Å². The molecule has 1 rings (SSSR count). The van der Waals surface area contributed by atoms with Crippen LogP contribution in [0.1, 0.15) is 47.1 Å². The minimum atomic E-state index is -0.533. The zero-order valence-corrected chi connectivity index (χ0v) is 22.3. The third kappa shape index (κ3) is 11.3. The van der Waals surface area contributed by atoms with Crippen LogP contribution in [-0.2, 0) is 11.3 Å². The predicted molar refractivity (Wildman–Crippen MR) is 136 cm³/mol. The minimum Gasteiger partial charge on any atom is -0.493 e. The Morgan fingerprint density at radius 2 is 1.74 bits per heavy atom. The number of amides is 1. The molecule has 1 unspecified atom stereocenters. The lowest BCUT2D eigenvalue weighted by Crippen LogP contribution is -2.50. The van der Waals surface area contributed by atoms with E-state index < -0.39 is 11.7 Å². The molecule has 1 aromatic carbocycles. The van der Waals surface area contributed by atoms with Crippen LogP contribution in [0.5, 0.6) is 11.5 Å². The number of carbonyl (C=O) groups is 1. The number of hydrogen-bond acceptors (Lipinski definition) is 5.